The van der Waals surface area contributed by atoms with Crippen molar-refractivity contribution in [3.05, 3.63) is 35.4 Å². The first-order valence-corrected chi connectivity index (χ1v) is 10.2. The van der Waals surface area contributed by atoms with Crippen LogP contribution in [-0.2, 0) is 10.2 Å². The summed E-state index contributed by atoms with van der Waals surface area (Å²) in [6.07, 6.45) is 9.15. The molecule has 1 aliphatic heterocycles. The first-order valence-electron chi connectivity index (χ1n) is 10.2. The quantitative estimate of drug-likeness (QED) is 0.862. The predicted molar refractivity (Wildman–Crippen MR) is 104 cm³/mol. The molecule has 3 nitrogen and oxygen atoms in total. The molecule has 1 amide bonds. The van der Waals surface area contributed by atoms with Crippen molar-refractivity contribution in [2.75, 3.05) is 13.1 Å². The van der Waals surface area contributed by atoms with Crippen LogP contribution in [0.5, 0.6) is 0 Å². The maximum atomic E-state index is 11.6. The Labute approximate surface area is 153 Å². The number of nitrogens with zero attached hydrogens (tertiary/aromatic N) is 1. The first-order chi connectivity index (χ1) is 12.1. The Bertz CT molecular complexity index is 631. The maximum Gasteiger partial charge on any atom is 0.217 e. The number of piperidine rings is 1. The number of amides is 1. The number of likely N-dealkylation sites (tertiary alicyclic amines) is 1. The molecule has 1 N–H and O–H groups in total. The Hall–Kier alpha value is -1.35. The Morgan fingerprint density at radius 1 is 1.16 bits per heavy atom. The van der Waals surface area contributed by atoms with Crippen molar-refractivity contribution >= 4 is 5.91 Å². The van der Waals surface area contributed by atoms with E-state index in [2.05, 4.69) is 41.4 Å². The second-order valence-corrected chi connectivity index (χ2v) is 8.77. The van der Waals surface area contributed by atoms with Crippen LogP contribution in [0.2, 0.25) is 0 Å². The third kappa shape index (κ3) is 3.23. The molecule has 2 aliphatic carbocycles. The second-order valence-electron chi connectivity index (χ2n) is 8.77. The van der Waals surface area contributed by atoms with Gasteiger partial charge in [-0.05, 0) is 75.1 Å². The fourth-order valence-corrected chi connectivity index (χ4v) is 5.67. The SMILES string of the molecule is CC(=O)N[C@H]1CC2(CCN(C3CCC(C)CC3)CC2)c2ccccc21.[HH]. The zero-order chi connectivity index (χ0) is 17.4. The van der Waals surface area contributed by atoms with Gasteiger partial charge in [-0.25, -0.2) is 0 Å². The van der Waals surface area contributed by atoms with Crippen molar-refractivity contribution in [2.24, 2.45) is 5.92 Å². The summed E-state index contributed by atoms with van der Waals surface area (Å²) in [6, 6.07) is 9.85. The lowest BCUT2D eigenvalue weighted by Crippen LogP contribution is -2.47. The molecular formula is C22H34N2O. The van der Waals surface area contributed by atoms with Crippen LogP contribution in [0.15, 0.2) is 24.3 Å². The molecule has 1 atom stereocenters. The number of carbonyl (C=O) groups excluding carboxylic acids is 1. The van der Waals surface area contributed by atoms with E-state index in [4.69, 9.17) is 0 Å². The fourth-order valence-electron chi connectivity index (χ4n) is 5.67. The summed E-state index contributed by atoms with van der Waals surface area (Å²) in [7, 11) is 0. The summed E-state index contributed by atoms with van der Waals surface area (Å²) in [6.45, 7) is 6.49. The van der Waals surface area contributed by atoms with Crippen molar-refractivity contribution in [3.63, 3.8) is 0 Å². The number of fused-ring (bicyclic) bond motifs is 2. The molecule has 138 valence electrons. The molecule has 2 fully saturated rings. The monoisotopic (exact) mass is 342 g/mol. The highest BCUT2D eigenvalue weighted by molar-refractivity contribution is 5.73. The molecule has 1 spiro atoms. The highest BCUT2D eigenvalue weighted by Gasteiger charge is 2.46. The van der Waals surface area contributed by atoms with E-state index in [-0.39, 0.29) is 18.8 Å². The number of nitrogens with one attached hydrogen (secondary N) is 1. The van der Waals surface area contributed by atoms with E-state index in [0.29, 0.717) is 0 Å². The van der Waals surface area contributed by atoms with Gasteiger partial charge in [0, 0.05) is 19.8 Å². The molecule has 4 rings (SSSR count). The Morgan fingerprint density at radius 2 is 1.84 bits per heavy atom. The molecule has 3 heteroatoms. The standard InChI is InChI=1S/C22H32N2O.H2/c1-16-7-9-18(10-8-16)24-13-11-22(12-14-24)15-21(23-17(2)25)19-5-3-4-6-20(19)22;/h3-6,16,18,21H,7-15H2,1-2H3,(H,23,25);1H/t16?,18?,21-;/m0./s1. The minimum atomic E-state index is 0. The normalized spacial score (nSPS) is 31.7. The van der Waals surface area contributed by atoms with Crippen LogP contribution < -0.4 is 5.32 Å². The molecule has 0 unspecified atom stereocenters. The number of hydrogen-bond donors (Lipinski definition) is 1. The van der Waals surface area contributed by atoms with Gasteiger partial charge in [-0.15, -0.1) is 0 Å². The molecule has 1 heterocycles. The summed E-state index contributed by atoms with van der Waals surface area (Å²) in [5.41, 5.74) is 3.14. The smallest absolute Gasteiger partial charge is 0.217 e. The third-order valence-corrected chi connectivity index (χ3v) is 7.14. The molecule has 1 aromatic rings. The second kappa shape index (κ2) is 6.75. The van der Waals surface area contributed by atoms with E-state index in [1.54, 1.807) is 6.92 Å². The lowest BCUT2D eigenvalue weighted by Gasteiger charge is -2.45. The Kier molecular flexibility index (Phi) is 4.61. The van der Waals surface area contributed by atoms with Gasteiger partial charge in [-0.1, -0.05) is 31.2 Å². The van der Waals surface area contributed by atoms with Crippen LogP contribution in [0.4, 0.5) is 0 Å². The lowest BCUT2D eigenvalue weighted by atomic mass is 9.73. The zero-order valence-corrected chi connectivity index (χ0v) is 15.8. The van der Waals surface area contributed by atoms with Crippen LogP contribution in [0.1, 0.15) is 77.4 Å². The molecule has 0 radical (unpaired) electrons. The highest BCUT2D eigenvalue weighted by Crippen LogP contribution is 2.51. The van der Waals surface area contributed by atoms with Crippen LogP contribution in [0.3, 0.4) is 0 Å². The summed E-state index contributed by atoms with van der Waals surface area (Å²) in [5.74, 6) is 1.01. The number of rotatable bonds is 2. The number of carbonyl (C=O) groups is 1. The van der Waals surface area contributed by atoms with Crippen molar-refractivity contribution in [3.8, 4) is 0 Å². The molecule has 0 aromatic heterocycles. The topological polar surface area (TPSA) is 32.3 Å². The van der Waals surface area contributed by atoms with E-state index in [0.717, 1.165) is 18.4 Å². The van der Waals surface area contributed by atoms with Crippen molar-refractivity contribution in [1.82, 2.24) is 10.2 Å². The van der Waals surface area contributed by atoms with Crippen molar-refractivity contribution in [2.45, 2.75) is 76.3 Å². The van der Waals surface area contributed by atoms with Gasteiger partial charge in [0.05, 0.1) is 6.04 Å². The maximum absolute atomic E-state index is 11.6. The van der Waals surface area contributed by atoms with Crippen molar-refractivity contribution in [1.29, 1.82) is 0 Å². The zero-order valence-electron chi connectivity index (χ0n) is 15.8. The predicted octanol–water partition coefficient (Wildman–Crippen LogP) is 4.43. The van der Waals surface area contributed by atoms with E-state index in [1.807, 2.05) is 0 Å². The summed E-state index contributed by atoms with van der Waals surface area (Å²) in [5, 5.41) is 3.20. The van der Waals surface area contributed by atoms with Gasteiger partial charge >= 0.3 is 0 Å². The summed E-state index contributed by atoms with van der Waals surface area (Å²) in [4.78, 5) is 14.4. The number of hydrogen-bond acceptors (Lipinski definition) is 2. The molecule has 1 saturated carbocycles. The molecule has 1 aromatic carbocycles. The van der Waals surface area contributed by atoms with E-state index >= 15 is 0 Å². The van der Waals surface area contributed by atoms with Gasteiger partial charge in [0.15, 0.2) is 0 Å². The summed E-state index contributed by atoms with van der Waals surface area (Å²) >= 11 is 0. The average Bonchev–Trinajstić information content (AvgIpc) is 2.90. The highest BCUT2D eigenvalue weighted by atomic mass is 16.1. The van der Waals surface area contributed by atoms with Crippen LogP contribution in [0, 0.1) is 5.92 Å². The molecule has 3 aliphatic rings. The Balaban J connectivity index is 0.00000196. The van der Waals surface area contributed by atoms with Gasteiger partial charge in [-0.3, -0.25) is 4.79 Å². The number of benzene rings is 1. The fraction of sp³-hybridized carbons (Fsp3) is 0.682. The van der Waals surface area contributed by atoms with Gasteiger partial charge < -0.3 is 10.2 Å². The van der Waals surface area contributed by atoms with Gasteiger partial charge in [0.2, 0.25) is 5.91 Å². The molecule has 1 saturated heterocycles. The third-order valence-electron chi connectivity index (χ3n) is 7.14. The Morgan fingerprint density at radius 3 is 2.52 bits per heavy atom. The minimum absolute atomic E-state index is 0. The van der Waals surface area contributed by atoms with Crippen LogP contribution >= 0.6 is 0 Å². The lowest BCUT2D eigenvalue weighted by molar-refractivity contribution is -0.119. The van der Waals surface area contributed by atoms with E-state index < -0.39 is 0 Å². The first kappa shape index (κ1) is 17.1. The van der Waals surface area contributed by atoms with E-state index in [1.165, 1.54) is 62.7 Å². The summed E-state index contributed by atoms with van der Waals surface area (Å²) < 4.78 is 0. The minimum Gasteiger partial charge on any atom is -0.349 e. The molecular weight excluding hydrogens is 308 g/mol. The van der Waals surface area contributed by atoms with Gasteiger partial charge in [-0.2, -0.15) is 0 Å². The van der Waals surface area contributed by atoms with Gasteiger partial charge in [0.25, 0.3) is 0 Å². The van der Waals surface area contributed by atoms with Crippen LogP contribution in [0.25, 0.3) is 0 Å². The van der Waals surface area contributed by atoms with Gasteiger partial charge in [0.1, 0.15) is 0 Å². The van der Waals surface area contributed by atoms with Crippen molar-refractivity contribution < 1.29 is 6.22 Å². The van der Waals surface area contributed by atoms with E-state index in [9.17, 15) is 4.79 Å². The molecule has 25 heavy (non-hydrogen) atoms. The average molecular weight is 343 g/mol. The largest absolute Gasteiger partial charge is 0.349 e. The molecule has 0 bridgehead atoms. The van der Waals surface area contributed by atoms with Crippen LogP contribution in [-0.4, -0.2) is 29.9 Å².